The van der Waals surface area contributed by atoms with Gasteiger partial charge >= 0.3 is 6.03 Å². The normalized spacial score (nSPS) is 10.5. The summed E-state index contributed by atoms with van der Waals surface area (Å²) >= 11 is 7.67. The summed E-state index contributed by atoms with van der Waals surface area (Å²) in [4.78, 5) is 25.1. The SMILES string of the molecule is O=C(CSc1nnc(NCCc2cccs2)s1)NC(=O)Nc1ccc(Br)cc1. The lowest BCUT2D eigenvalue weighted by Crippen LogP contribution is -2.35. The molecule has 0 aliphatic rings. The lowest BCUT2D eigenvalue weighted by atomic mass is 10.3. The number of halogens is 1. The van der Waals surface area contributed by atoms with Gasteiger partial charge in [0.15, 0.2) is 4.34 Å². The van der Waals surface area contributed by atoms with Crippen LogP contribution in [0.4, 0.5) is 15.6 Å². The first-order valence-electron chi connectivity index (χ1n) is 8.17. The van der Waals surface area contributed by atoms with Crippen LogP contribution in [0.2, 0.25) is 0 Å². The second kappa shape index (κ2) is 10.6. The quantitative estimate of drug-likeness (QED) is 0.397. The second-order valence-electron chi connectivity index (χ2n) is 5.43. The number of nitrogens with zero attached hydrogens (tertiary/aromatic N) is 2. The zero-order valence-corrected chi connectivity index (χ0v) is 18.5. The van der Waals surface area contributed by atoms with E-state index < -0.39 is 11.9 Å². The molecular weight excluding hydrogens is 482 g/mol. The molecule has 0 aliphatic heterocycles. The summed E-state index contributed by atoms with van der Waals surface area (Å²) in [5.41, 5.74) is 0.601. The lowest BCUT2D eigenvalue weighted by molar-refractivity contribution is -0.117. The van der Waals surface area contributed by atoms with Crippen molar-refractivity contribution in [3.63, 3.8) is 0 Å². The van der Waals surface area contributed by atoms with Crippen LogP contribution in [0, 0.1) is 0 Å². The Labute approximate surface area is 182 Å². The Hall–Kier alpha value is -1.95. The van der Waals surface area contributed by atoms with Crippen LogP contribution in [0.25, 0.3) is 0 Å². The maximum Gasteiger partial charge on any atom is 0.325 e. The first-order valence-corrected chi connectivity index (χ1v) is 11.6. The van der Waals surface area contributed by atoms with E-state index in [-0.39, 0.29) is 5.75 Å². The molecule has 3 aromatic rings. The molecular formula is C17H16BrN5O2S3. The molecule has 0 fully saturated rings. The van der Waals surface area contributed by atoms with Crippen molar-refractivity contribution in [1.82, 2.24) is 15.5 Å². The summed E-state index contributed by atoms with van der Waals surface area (Å²) in [7, 11) is 0. The number of imide groups is 1. The van der Waals surface area contributed by atoms with E-state index in [1.807, 2.05) is 6.07 Å². The number of anilines is 2. The molecule has 0 unspecified atom stereocenters. The maximum absolute atomic E-state index is 11.9. The third-order valence-corrected chi connectivity index (χ3v) is 6.80. The van der Waals surface area contributed by atoms with Crippen molar-refractivity contribution in [3.8, 4) is 0 Å². The first-order chi connectivity index (χ1) is 13.6. The number of hydrogen-bond donors (Lipinski definition) is 3. The number of nitrogens with one attached hydrogen (secondary N) is 3. The van der Waals surface area contributed by atoms with Gasteiger partial charge in [0.05, 0.1) is 5.75 Å². The van der Waals surface area contributed by atoms with Crippen LogP contribution in [0.5, 0.6) is 0 Å². The monoisotopic (exact) mass is 497 g/mol. The summed E-state index contributed by atoms with van der Waals surface area (Å²) < 4.78 is 1.57. The Morgan fingerprint density at radius 2 is 1.96 bits per heavy atom. The van der Waals surface area contributed by atoms with Crippen LogP contribution in [-0.2, 0) is 11.2 Å². The van der Waals surface area contributed by atoms with Crippen LogP contribution < -0.4 is 16.0 Å². The number of carbonyl (C=O) groups excluding carboxylic acids is 2. The fraction of sp³-hybridized carbons (Fsp3) is 0.176. The van der Waals surface area contributed by atoms with Gasteiger partial charge in [-0.1, -0.05) is 45.1 Å². The standard InChI is InChI=1S/C17H16BrN5O2S3/c18-11-3-5-12(6-4-11)20-15(25)21-14(24)10-27-17-23-22-16(28-17)19-8-7-13-2-1-9-26-13/h1-6,9H,7-8,10H2,(H,19,22)(H2,20,21,24,25). The van der Waals surface area contributed by atoms with E-state index in [0.717, 1.165) is 17.4 Å². The molecule has 2 aromatic heterocycles. The molecule has 3 amide bonds. The molecule has 146 valence electrons. The summed E-state index contributed by atoms with van der Waals surface area (Å²) in [5, 5.41) is 19.0. The number of urea groups is 1. The van der Waals surface area contributed by atoms with E-state index in [1.165, 1.54) is 28.0 Å². The van der Waals surface area contributed by atoms with E-state index >= 15 is 0 Å². The van der Waals surface area contributed by atoms with Crippen molar-refractivity contribution in [3.05, 3.63) is 51.1 Å². The van der Waals surface area contributed by atoms with E-state index in [2.05, 4.69) is 53.5 Å². The largest absolute Gasteiger partial charge is 0.360 e. The highest BCUT2D eigenvalue weighted by atomic mass is 79.9. The first kappa shape index (κ1) is 20.8. The van der Waals surface area contributed by atoms with Crippen LogP contribution in [0.1, 0.15) is 4.88 Å². The minimum absolute atomic E-state index is 0.0809. The lowest BCUT2D eigenvalue weighted by Gasteiger charge is -2.06. The molecule has 0 radical (unpaired) electrons. The second-order valence-corrected chi connectivity index (χ2v) is 9.58. The van der Waals surface area contributed by atoms with Crippen LogP contribution in [0.15, 0.2) is 50.6 Å². The molecule has 0 atom stereocenters. The zero-order chi connectivity index (χ0) is 19.8. The predicted molar refractivity (Wildman–Crippen MR) is 118 cm³/mol. The van der Waals surface area contributed by atoms with E-state index in [1.54, 1.807) is 35.6 Å². The number of benzene rings is 1. The third-order valence-electron chi connectivity index (χ3n) is 3.32. The van der Waals surface area contributed by atoms with Crippen LogP contribution >= 0.6 is 50.4 Å². The molecule has 2 heterocycles. The van der Waals surface area contributed by atoms with Crippen LogP contribution in [-0.4, -0.2) is 34.4 Å². The Morgan fingerprint density at radius 1 is 1.14 bits per heavy atom. The topological polar surface area (TPSA) is 96.0 Å². The van der Waals surface area contributed by atoms with Crippen molar-refractivity contribution in [2.45, 2.75) is 10.8 Å². The molecule has 28 heavy (non-hydrogen) atoms. The van der Waals surface area contributed by atoms with Gasteiger partial charge in [-0.15, -0.1) is 21.5 Å². The Morgan fingerprint density at radius 3 is 2.71 bits per heavy atom. The van der Waals surface area contributed by atoms with Gasteiger partial charge in [0.25, 0.3) is 0 Å². The molecule has 0 spiro atoms. The Bertz CT molecular complexity index is 915. The zero-order valence-electron chi connectivity index (χ0n) is 14.5. The molecule has 7 nitrogen and oxygen atoms in total. The number of hydrogen-bond acceptors (Lipinski definition) is 8. The maximum atomic E-state index is 11.9. The Balaban J connectivity index is 1.36. The minimum Gasteiger partial charge on any atom is -0.360 e. The summed E-state index contributed by atoms with van der Waals surface area (Å²) in [5.74, 6) is -0.320. The van der Waals surface area contributed by atoms with Gasteiger partial charge in [-0.05, 0) is 42.1 Å². The van der Waals surface area contributed by atoms with E-state index in [9.17, 15) is 9.59 Å². The summed E-state index contributed by atoms with van der Waals surface area (Å²) in [6.07, 6.45) is 0.926. The van der Waals surface area contributed by atoms with Gasteiger partial charge in [0.2, 0.25) is 11.0 Å². The van der Waals surface area contributed by atoms with Crippen molar-refractivity contribution < 1.29 is 9.59 Å². The number of thiophene rings is 1. The predicted octanol–water partition coefficient (Wildman–Crippen LogP) is 4.46. The van der Waals surface area contributed by atoms with Gasteiger partial charge in [0, 0.05) is 21.6 Å². The number of amides is 3. The fourth-order valence-corrected chi connectivity index (χ4v) is 4.62. The van der Waals surface area contributed by atoms with E-state index in [0.29, 0.717) is 15.2 Å². The number of rotatable bonds is 8. The summed E-state index contributed by atoms with van der Waals surface area (Å²) in [6, 6.07) is 10.6. The van der Waals surface area contributed by atoms with Crippen LogP contribution in [0.3, 0.4) is 0 Å². The van der Waals surface area contributed by atoms with Crippen molar-refractivity contribution >= 4 is 73.1 Å². The van der Waals surface area contributed by atoms with Gasteiger partial charge in [-0.25, -0.2) is 4.79 Å². The molecule has 11 heteroatoms. The molecule has 0 bridgehead atoms. The number of thioether (sulfide) groups is 1. The molecule has 3 N–H and O–H groups in total. The molecule has 3 rings (SSSR count). The highest BCUT2D eigenvalue weighted by molar-refractivity contribution is 9.10. The van der Waals surface area contributed by atoms with E-state index in [4.69, 9.17) is 0 Å². The molecule has 0 aliphatic carbocycles. The highest BCUT2D eigenvalue weighted by Gasteiger charge is 2.11. The van der Waals surface area contributed by atoms with Crippen molar-refractivity contribution in [2.75, 3.05) is 22.9 Å². The van der Waals surface area contributed by atoms with Gasteiger partial charge < -0.3 is 10.6 Å². The third kappa shape index (κ3) is 6.89. The molecule has 0 saturated heterocycles. The minimum atomic E-state index is -0.568. The molecule has 1 aromatic carbocycles. The van der Waals surface area contributed by atoms with Gasteiger partial charge in [0.1, 0.15) is 0 Å². The van der Waals surface area contributed by atoms with Crippen molar-refractivity contribution in [1.29, 1.82) is 0 Å². The Kier molecular flexibility index (Phi) is 7.83. The average Bonchev–Trinajstić information content (AvgIpc) is 3.34. The van der Waals surface area contributed by atoms with Crippen molar-refractivity contribution in [2.24, 2.45) is 0 Å². The average molecular weight is 498 g/mol. The van der Waals surface area contributed by atoms with Gasteiger partial charge in [-0.3, -0.25) is 10.1 Å². The van der Waals surface area contributed by atoms with Gasteiger partial charge in [-0.2, -0.15) is 0 Å². The number of carbonyl (C=O) groups is 2. The smallest absolute Gasteiger partial charge is 0.325 e. The summed E-state index contributed by atoms with van der Waals surface area (Å²) in [6.45, 7) is 0.774. The number of aromatic nitrogens is 2. The fourth-order valence-electron chi connectivity index (χ4n) is 2.07. The molecule has 0 saturated carbocycles. The highest BCUT2D eigenvalue weighted by Crippen LogP contribution is 2.25.